The van der Waals surface area contributed by atoms with Crippen molar-refractivity contribution < 1.29 is 13.9 Å². The molecule has 0 aliphatic carbocycles. The Morgan fingerprint density at radius 2 is 1.94 bits per heavy atom. The van der Waals surface area contributed by atoms with Crippen LogP contribution in [0.3, 0.4) is 0 Å². The summed E-state index contributed by atoms with van der Waals surface area (Å²) in [6.45, 7) is 1.19. The third-order valence-corrected chi connectivity index (χ3v) is 4.47. The molecular formula is C21H22FN5O4. The van der Waals surface area contributed by atoms with E-state index in [0.717, 1.165) is 9.25 Å². The van der Waals surface area contributed by atoms with E-state index in [1.807, 2.05) is 0 Å². The van der Waals surface area contributed by atoms with Gasteiger partial charge in [0.2, 0.25) is 5.91 Å². The Hall–Kier alpha value is -3.95. The molecule has 0 bridgehead atoms. The first kappa shape index (κ1) is 21.8. The lowest BCUT2D eigenvalue weighted by Crippen LogP contribution is -2.41. The largest absolute Gasteiger partial charge is 0.476 e. The lowest BCUT2D eigenvalue weighted by molar-refractivity contribution is -0.114. The number of hydrogen-bond donors (Lipinski definition) is 1. The van der Waals surface area contributed by atoms with Gasteiger partial charge in [-0.2, -0.15) is 4.68 Å². The molecule has 0 radical (unpaired) electrons. The molecule has 0 aliphatic heterocycles. The van der Waals surface area contributed by atoms with Crippen LogP contribution in [0.15, 0.2) is 52.1 Å². The Labute approximate surface area is 177 Å². The van der Waals surface area contributed by atoms with E-state index in [4.69, 9.17) is 4.74 Å². The fourth-order valence-corrected chi connectivity index (χ4v) is 3.04. The normalized spacial score (nSPS) is 10.6. The first-order valence-electron chi connectivity index (χ1n) is 9.33. The summed E-state index contributed by atoms with van der Waals surface area (Å²) in [5.74, 6) is -1.04. The van der Waals surface area contributed by atoms with Gasteiger partial charge in [-0.05, 0) is 35.9 Å². The number of ether oxygens (including phenoxy) is 1. The number of rotatable bonds is 6. The summed E-state index contributed by atoms with van der Waals surface area (Å²) in [5, 5.41) is 6.62. The van der Waals surface area contributed by atoms with Gasteiger partial charge in [0, 0.05) is 26.7 Å². The molecule has 10 heteroatoms. The molecule has 1 N–H and O–H groups in total. The number of nitrogens with zero attached hydrogens (tertiary/aromatic N) is 4. The topological polar surface area (TPSA) is 98.5 Å². The highest BCUT2D eigenvalue weighted by Crippen LogP contribution is 2.19. The predicted octanol–water partition coefficient (Wildman–Crippen LogP) is 1.61. The van der Waals surface area contributed by atoms with E-state index in [0.29, 0.717) is 22.6 Å². The second-order valence-corrected chi connectivity index (χ2v) is 7.01. The Bertz CT molecular complexity index is 1250. The van der Waals surface area contributed by atoms with Crippen LogP contribution >= 0.6 is 0 Å². The standard InChI is InChI=1S/C21H22FN5O4/c1-13(28)23-15-6-5-7-16(11-15)27-21(30)26(20(29)19(24-27)31-4)12-14-8-9-18(25(2)3)17(22)10-14/h5-11H,12H2,1-4H3,(H,23,28). The summed E-state index contributed by atoms with van der Waals surface area (Å²) in [6.07, 6.45) is 0. The van der Waals surface area contributed by atoms with Gasteiger partial charge in [-0.25, -0.2) is 13.8 Å². The highest BCUT2D eigenvalue weighted by atomic mass is 19.1. The number of amides is 1. The molecule has 3 aromatic rings. The van der Waals surface area contributed by atoms with E-state index in [9.17, 15) is 18.8 Å². The van der Waals surface area contributed by atoms with Gasteiger partial charge in [0.15, 0.2) is 0 Å². The molecule has 1 aromatic heterocycles. The fraction of sp³-hybridized carbons (Fsp3) is 0.238. The zero-order valence-corrected chi connectivity index (χ0v) is 17.5. The summed E-state index contributed by atoms with van der Waals surface area (Å²) in [7, 11) is 4.69. The van der Waals surface area contributed by atoms with Gasteiger partial charge in [-0.1, -0.05) is 12.1 Å². The first-order valence-corrected chi connectivity index (χ1v) is 9.33. The molecule has 0 saturated carbocycles. The summed E-state index contributed by atoms with van der Waals surface area (Å²) in [6, 6.07) is 10.9. The van der Waals surface area contributed by atoms with Gasteiger partial charge < -0.3 is 15.0 Å². The Morgan fingerprint density at radius 1 is 1.19 bits per heavy atom. The van der Waals surface area contributed by atoms with E-state index >= 15 is 0 Å². The highest BCUT2D eigenvalue weighted by Gasteiger charge is 2.16. The number of carbonyl (C=O) groups excluding carboxylic acids is 1. The van der Waals surface area contributed by atoms with Crippen molar-refractivity contribution in [2.75, 3.05) is 31.4 Å². The minimum atomic E-state index is -0.737. The predicted molar refractivity (Wildman–Crippen MR) is 115 cm³/mol. The molecular weight excluding hydrogens is 405 g/mol. The molecule has 0 fully saturated rings. The third-order valence-electron chi connectivity index (χ3n) is 4.47. The summed E-state index contributed by atoms with van der Waals surface area (Å²) in [4.78, 5) is 38.7. The summed E-state index contributed by atoms with van der Waals surface area (Å²) in [5.41, 5.74) is 0.112. The van der Waals surface area contributed by atoms with E-state index in [2.05, 4.69) is 10.4 Å². The SMILES string of the molecule is COc1nn(-c2cccc(NC(C)=O)c2)c(=O)n(Cc2ccc(N(C)C)c(F)c2)c1=O. The van der Waals surface area contributed by atoms with E-state index in [-0.39, 0.29) is 18.3 Å². The van der Waals surface area contributed by atoms with Crippen molar-refractivity contribution in [3.05, 3.63) is 74.7 Å². The van der Waals surface area contributed by atoms with Crippen LogP contribution in [0.1, 0.15) is 12.5 Å². The minimum Gasteiger partial charge on any atom is -0.476 e. The number of nitrogens with one attached hydrogen (secondary N) is 1. The molecule has 0 atom stereocenters. The van der Waals surface area contributed by atoms with Crippen LogP contribution in [0.5, 0.6) is 5.88 Å². The maximum Gasteiger partial charge on any atom is 0.352 e. The van der Waals surface area contributed by atoms with Gasteiger partial charge in [0.05, 0.1) is 25.0 Å². The number of aromatic nitrogens is 3. The second-order valence-electron chi connectivity index (χ2n) is 7.01. The average molecular weight is 427 g/mol. The molecule has 9 nitrogen and oxygen atoms in total. The van der Waals surface area contributed by atoms with Crippen molar-refractivity contribution in [2.24, 2.45) is 0 Å². The van der Waals surface area contributed by atoms with Crippen LogP contribution in [-0.2, 0) is 11.3 Å². The van der Waals surface area contributed by atoms with Crippen LogP contribution in [0.4, 0.5) is 15.8 Å². The van der Waals surface area contributed by atoms with E-state index in [1.54, 1.807) is 49.3 Å². The maximum absolute atomic E-state index is 14.4. The average Bonchev–Trinajstić information content (AvgIpc) is 2.71. The van der Waals surface area contributed by atoms with Crippen molar-refractivity contribution in [3.8, 4) is 11.6 Å². The number of anilines is 2. The van der Waals surface area contributed by atoms with Crippen molar-refractivity contribution in [1.82, 2.24) is 14.3 Å². The zero-order valence-electron chi connectivity index (χ0n) is 17.5. The van der Waals surface area contributed by atoms with E-state index in [1.165, 1.54) is 26.2 Å². The van der Waals surface area contributed by atoms with Gasteiger partial charge >= 0.3 is 11.2 Å². The highest BCUT2D eigenvalue weighted by molar-refractivity contribution is 5.88. The Morgan fingerprint density at radius 3 is 2.55 bits per heavy atom. The number of halogens is 1. The molecule has 162 valence electrons. The molecule has 0 spiro atoms. The second kappa shape index (κ2) is 8.82. The summed E-state index contributed by atoms with van der Waals surface area (Å²) < 4.78 is 21.3. The monoisotopic (exact) mass is 427 g/mol. The molecule has 0 saturated heterocycles. The molecule has 0 unspecified atom stereocenters. The number of carbonyl (C=O) groups is 1. The maximum atomic E-state index is 14.4. The third kappa shape index (κ3) is 4.63. The van der Waals surface area contributed by atoms with Gasteiger partial charge in [-0.3, -0.25) is 9.59 Å². The minimum absolute atomic E-state index is 0.174. The number of methoxy groups -OCH3 is 1. The Kier molecular flexibility index (Phi) is 6.19. The lowest BCUT2D eigenvalue weighted by atomic mass is 10.2. The molecule has 0 aliphatic rings. The molecule has 3 rings (SSSR count). The molecule has 2 aromatic carbocycles. The van der Waals surface area contributed by atoms with Crippen molar-refractivity contribution in [1.29, 1.82) is 0 Å². The zero-order chi connectivity index (χ0) is 22.7. The van der Waals surface area contributed by atoms with Crippen LogP contribution in [0.2, 0.25) is 0 Å². The van der Waals surface area contributed by atoms with Gasteiger partial charge in [0.1, 0.15) is 5.82 Å². The van der Waals surface area contributed by atoms with Crippen molar-refractivity contribution in [2.45, 2.75) is 13.5 Å². The van der Waals surface area contributed by atoms with E-state index < -0.39 is 17.1 Å². The van der Waals surface area contributed by atoms with Crippen LogP contribution < -0.4 is 26.2 Å². The molecule has 1 heterocycles. The molecule has 1 amide bonds. The Balaban J connectivity index is 2.10. The van der Waals surface area contributed by atoms with Crippen molar-refractivity contribution in [3.63, 3.8) is 0 Å². The number of benzene rings is 2. The van der Waals surface area contributed by atoms with Crippen LogP contribution in [0, 0.1) is 5.82 Å². The van der Waals surface area contributed by atoms with Gasteiger partial charge in [0.25, 0.3) is 5.88 Å². The van der Waals surface area contributed by atoms with Crippen LogP contribution in [0.25, 0.3) is 5.69 Å². The first-order chi connectivity index (χ1) is 14.7. The lowest BCUT2D eigenvalue weighted by Gasteiger charge is -2.15. The molecule has 31 heavy (non-hydrogen) atoms. The van der Waals surface area contributed by atoms with Crippen molar-refractivity contribution >= 4 is 17.3 Å². The van der Waals surface area contributed by atoms with Crippen LogP contribution in [-0.4, -0.2) is 41.5 Å². The quantitative estimate of drug-likeness (QED) is 0.642. The van der Waals surface area contributed by atoms with Gasteiger partial charge in [-0.15, -0.1) is 5.10 Å². The fourth-order valence-electron chi connectivity index (χ4n) is 3.04. The number of hydrogen-bond acceptors (Lipinski definition) is 6. The smallest absolute Gasteiger partial charge is 0.352 e. The summed E-state index contributed by atoms with van der Waals surface area (Å²) >= 11 is 0.